The first-order valence-electron chi connectivity index (χ1n) is 10.5. The molecule has 0 aliphatic carbocycles. The number of rotatable bonds is 6. The fraction of sp³-hybridized carbons (Fsp3) is 0.208. The number of anilines is 2. The van der Waals surface area contributed by atoms with Crippen molar-refractivity contribution in [3.05, 3.63) is 88.9 Å². The van der Waals surface area contributed by atoms with Crippen LogP contribution in [0.5, 0.6) is 0 Å². The molecule has 1 amide bonds. The van der Waals surface area contributed by atoms with Crippen molar-refractivity contribution in [1.29, 1.82) is 0 Å². The van der Waals surface area contributed by atoms with Crippen LogP contribution in [0.4, 0.5) is 11.4 Å². The minimum absolute atomic E-state index is 0.0859. The van der Waals surface area contributed by atoms with E-state index in [2.05, 4.69) is 4.90 Å². The van der Waals surface area contributed by atoms with Gasteiger partial charge in [0.25, 0.3) is 10.0 Å². The van der Waals surface area contributed by atoms with Crippen LogP contribution in [0.15, 0.2) is 83.8 Å². The molecule has 0 saturated carbocycles. The molecule has 0 radical (unpaired) electrons. The fourth-order valence-electron chi connectivity index (χ4n) is 3.79. The van der Waals surface area contributed by atoms with Gasteiger partial charge in [0.1, 0.15) is 6.54 Å². The predicted octanol–water partition coefficient (Wildman–Crippen LogP) is 4.54. The summed E-state index contributed by atoms with van der Waals surface area (Å²) in [6.07, 6.45) is 0. The van der Waals surface area contributed by atoms with E-state index >= 15 is 0 Å². The lowest BCUT2D eigenvalue weighted by Crippen LogP contribution is -2.52. The van der Waals surface area contributed by atoms with Crippen molar-refractivity contribution < 1.29 is 13.2 Å². The van der Waals surface area contributed by atoms with Crippen molar-refractivity contribution in [2.24, 2.45) is 0 Å². The number of hydrogen-bond donors (Lipinski definition) is 0. The van der Waals surface area contributed by atoms with Crippen LogP contribution < -0.4 is 9.21 Å². The molecule has 33 heavy (non-hydrogen) atoms. The van der Waals surface area contributed by atoms with Crippen LogP contribution in [0.25, 0.3) is 0 Å². The SMILES string of the molecule is O=C(CN(c1cc(Cl)cc(Cl)c1)S(=O)(=O)c1ccccc1)N1CCN(c2ccccc2)CC1. The summed E-state index contributed by atoms with van der Waals surface area (Å²) in [6.45, 7) is 2.00. The van der Waals surface area contributed by atoms with Crippen LogP contribution in [0.2, 0.25) is 10.0 Å². The molecule has 1 saturated heterocycles. The van der Waals surface area contributed by atoms with Crippen LogP contribution >= 0.6 is 23.2 Å². The molecule has 3 aromatic carbocycles. The van der Waals surface area contributed by atoms with Gasteiger partial charge in [0.2, 0.25) is 5.91 Å². The maximum atomic E-state index is 13.5. The molecule has 4 rings (SSSR count). The van der Waals surface area contributed by atoms with Gasteiger partial charge in [-0.2, -0.15) is 0 Å². The van der Waals surface area contributed by atoms with Gasteiger partial charge >= 0.3 is 0 Å². The van der Waals surface area contributed by atoms with Crippen molar-refractivity contribution in [2.45, 2.75) is 4.90 Å². The minimum atomic E-state index is -4.02. The highest BCUT2D eigenvalue weighted by Crippen LogP contribution is 2.30. The summed E-state index contributed by atoms with van der Waals surface area (Å²) in [5.41, 5.74) is 1.35. The first kappa shape index (κ1) is 23.4. The monoisotopic (exact) mass is 503 g/mol. The molecule has 0 unspecified atom stereocenters. The Bertz CT molecular complexity index is 1200. The van der Waals surface area contributed by atoms with Crippen molar-refractivity contribution in [2.75, 3.05) is 41.9 Å². The zero-order valence-electron chi connectivity index (χ0n) is 17.8. The molecule has 6 nitrogen and oxygen atoms in total. The number of halogens is 2. The number of carbonyl (C=O) groups is 1. The second-order valence-corrected chi connectivity index (χ2v) is 10.4. The molecule has 0 atom stereocenters. The summed E-state index contributed by atoms with van der Waals surface area (Å²) in [5, 5.41) is 0.573. The molecule has 1 aliphatic rings. The lowest BCUT2D eigenvalue weighted by molar-refractivity contribution is -0.129. The zero-order valence-corrected chi connectivity index (χ0v) is 20.1. The summed E-state index contributed by atoms with van der Waals surface area (Å²) in [4.78, 5) is 17.2. The Kier molecular flexibility index (Phi) is 7.12. The van der Waals surface area contributed by atoms with Crippen LogP contribution in [-0.4, -0.2) is 51.9 Å². The summed E-state index contributed by atoms with van der Waals surface area (Å²) in [6, 6.07) is 22.5. The zero-order chi connectivity index (χ0) is 23.4. The van der Waals surface area contributed by atoms with Crippen molar-refractivity contribution in [3.63, 3.8) is 0 Å². The number of sulfonamides is 1. The third kappa shape index (κ3) is 5.43. The van der Waals surface area contributed by atoms with Gasteiger partial charge in [-0.15, -0.1) is 0 Å². The van der Waals surface area contributed by atoms with Crippen molar-refractivity contribution in [1.82, 2.24) is 4.90 Å². The van der Waals surface area contributed by atoms with E-state index in [0.29, 0.717) is 26.2 Å². The lowest BCUT2D eigenvalue weighted by Gasteiger charge is -2.37. The molecule has 0 bridgehead atoms. The van der Waals surface area contributed by atoms with Gasteiger partial charge in [-0.25, -0.2) is 8.42 Å². The van der Waals surface area contributed by atoms with E-state index in [4.69, 9.17) is 23.2 Å². The minimum Gasteiger partial charge on any atom is -0.368 e. The maximum absolute atomic E-state index is 13.5. The molecule has 1 aliphatic heterocycles. The van der Waals surface area contributed by atoms with Gasteiger partial charge in [-0.3, -0.25) is 9.10 Å². The molecule has 0 N–H and O–H groups in total. The molecule has 172 valence electrons. The standard InChI is InChI=1S/C24H23Cl2N3O3S/c25-19-15-20(26)17-22(16-19)29(33(31,32)23-9-5-2-6-10-23)18-24(30)28-13-11-27(12-14-28)21-7-3-1-4-8-21/h1-10,15-17H,11-14,18H2. The second kappa shape index (κ2) is 10.0. The van der Waals surface area contributed by atoms with Gasteiger partial charge in [0, 0.05) is 41.9 Å². The quantitative estimate of drug-likeness (QED) is 0.495. The van der Waals surface area contributed by atoms with E-state index in [0.717, 1.165) is 9.99 Å². The highest BCUT2D eigenvalue weighted by atomic mass is 35.5. The van der Waals surface area contributed by atoms with E-state index in [1.165, 1.54) is 30.3 Å². The second-order valence-electron chi connectivity index (χ2n) is 7.66. The van der Waals surface area contributed by atoms with Crippen LogP contribution in [0.3, 0.4) is 0 Å². The molecule has 9 heteroatoms. The summed E-state index contributed by atoms with van der Waals surface area (Å²) in [7, 11) is -4.02. The number of hydrogen-bond acceptors (Lipinski definition) is 4. The van der Waals surface area contributed by atoms with Crippen molar-refractivity contribution >= 4 is 50.5 Å². The molecule has 1 heterocycles. The Morgan fingerprint density at radius 2 is 1.36 bits per heavy atom. The topological polar surface area (TPSA) is 60.9 Å². The average molecular weight is 504 g/mol. The first-order valence-corrected chi connectivity index (χ1v) is 12.7. The Morgan fingerprint density at radius 3 is 1.94 bits per heavy atom. The maximum Gasteiger partial charge on any atom is 0.264 e. The van der Waals surface area contributed by atoms with Crippen LogP contribution in [0, 0.1) is 0 Å². The summed E-state index contributed by atoms with van der Waals surface area (Å²) >= 11 is 12.3. The smallest absolute Gasteiger partial charge is 0.264 e. The normalized spacial score (nSPS) is 14.2. The highest BCUT2D eigenvalue weighted by molar-refractivity contribution is 7.92. The lowest BCUT2D eigenvalue weighted by atomic mass is 10.2. The number of nitrogens with zero attached hydrogens (tertiary/aromatic N) is 3. The Morgan fingerprint density at radius 1 is 0.818 bits per heavy atom. The van der Waals surface area contributed by atoms with Crippen molar-refractivity contribution in [3.8, 4) is 0 Å². The van der Waals surface area contributed by atoms with Gasteiger partial charge in [-0.1, -0.05) is 59.6 Å². The Hall–Kier alpha value is -2.74. The molecule has 1 fully saturated rings. The number of piperazine rings is 1. The van der Waals surface area contributed by atoms with E-state index in [1.54, 1.807) is 23.1 Å². The average Bonchev–Trinajstić information content (AvgIpc) is 2.83. The number of para-hydroxylation sites is 1. The third-order valence-electron chi connectivity index (χ3n) is 5.50. The predicted molar refractivity (Wildman–Crippen MR) is 133 cm³/mol. The molecule has 3 aromatic rings. The van der Waals surface area contributed by atoms with Gasteiger partial charge < -0.3 is 9.80 Å². The molecule has 0 spiro atoms. The van der Waals surface area contributed by atoms with Crippen LogP contribution in [-0.2, 0) is 14.8 Å². The Balaban J connectivity index is 1.56. The van der Waals surface area contributed by atoms with Gasteiger partial charge in [0.15, 0.2) is 0 Å². The number of carbonyl (C=O) groups excluding carboxylic acids is 1. The van der Waals surface area contributed by atoms with E-state index in [-0.39, 0.29) is 33.1 Å². The first-order chi connectivity index (χ1) is 15.8. The highest BCUT2D eigenvalue weighted by Gasteiger charge is 2.30. The Labute approximate surface area is 204 Å². The summed E-state index contributed by atoms with van der Waals surface area (Å²) < 4.78 is 28.0. The fourth-order valence-corrected chi connectivity index (χ4v) is 5.73. The number of amides is 1. The third-order valence-corrected chi connectivity index (χ3v) is 7.72. The van der Waals surface area contributed by atoms with Gasteiger partial charge in [0.05, 0.1) is 10.6 Å². The van der Waals surface area contributed by atoms with E-state index < -0.39 is 10.0 Å². The molecular weight excluding hydrogens is 481 g/mol. The van der Waals surface area contributed by atoms with E-state index in [9.17, 15) is 13.2 Å². The van der Waals surface area contributed by atoms with Crippen LogP contribution in [0.1, 0.15) is 0 Å². The van der Waals surface area contributed by atoms with Gasteiger partial charge in [-0.05, 0) is 42.5 Å². The van der Waals surface area contributed by atoms with E-state index in [1.807, 2.05) is 30.3 Å². The molecule has 0 aromatic heterocycles. The summed E-state index contributed by atoms with van der Waals surface area (Å²) in [5.74, 6) is -0.279. The molecular formula is C24H23Cl2N3O3S. The largest absolute Gasteiger partial charge is 0.368 e. The number of benzene rings is 3.